The molecule has 0 heterocycles. The molecule has 0 bridgehead atoms. The molecule has 0 spiro atoms. The lowest BCUT2D eigenvalue weighted by molar-refractivity contribution is -0.134. The number of hydrogen-bond donors (Lipinski definition) is 0. The second-order valence-electron chi connectivity index (χ2n) is 4.49. The maximum Gasteiger partial charge on any atom is 0.310 e. The summed E-state index contributed by atoms with van der Waals surface area (Å²) < 4.78 is 5.18. The largest absolute Gasteiger partial charge is 0.426 e. The summed E-state index contributed by atoms with van der Waals surface area (Å²) in [7, 11) is 0. The Morgan fingerprint density at radius 2 is 2.17 bits per heavy atom. The maximum absolute atomic E-state index is 11.3. The van der Waals surface area contributed by atoms with Gasteiger partial charge in [-0.25, -0.2) is 0 Å². The Balaban J connectivity index is 3.30. The number of hydrogen-bond acceptors (Lipinski definition) is 4. The van der Waals surface area contributed by atoms with Crippen LogP contribution in [0.1, 0.15) is 38.3 Å². The molecule has 18 heavy (non-hydrogen) atoms. The first kappa shape index (κ1) is 13.9. The monoisotopic (exact) mass is 245 g/mol. The lowest BCUT2D eigenvalue weighted by Crippen LogP contribution is -2.21. The van der Waals surface area contributed by atoms with Crippen molar-refractivity contribution in [3.63, 3.8) is 0 Å². The second kappa shape index (κ2) is 5.46. The van der Waals surface area contributed by atoms with Crippen LogP contribution in [0.2, 0.25) is 0 Å². The molecule has 4 heteroatoms. The van der Waals surface area contributed by atoms with E-state index in [1.807, 2.05) is 6.07 Å². The summed E-state index contributed by atoms with van der Waals surface area (Å²) in [5.41, 5.74) is 0.158. The number of ether oxygens (including phenoxy) is 1. The molecular formula is C14H15NO3. The van der Waals surface area contributed by atoms with E-state index in [-0.39, 0.29) is 12.4 Å². The number of rotatable bonds is 4. The van der Waals surface area contributed by atoms with Crippen molar-refractivity contribution < 1.29 is 14.3 Å². The van der Waals surface area contributed by atoms with E-state index in [4.69, 9.17) is 10.00 Å². The summed E-state index contributed by atoms with van der Waals surface area (Å²) in [6.07, 6.45) is 1.02. The number of benzene rings is 1. The van der Waals surface area contributed by atoms with Gasteiger partial charge in [0, 0.05) is 17.4 Å². The summed E-state index contributed by atoms with van der Waals surface area (Å²) in [4.78, 5) is 22.4. The number of nitrogens with zero attached hydrogens (tertiary/aromatic N) is 1. The molecule has 0 aliphatic carbocycles. The summed E-state index contributed by atoms with van der Waals surface area (Å²) in [6.45, 7) is 5.11. The Hall–Kier alpha value is -2.15. The van der Waals surface area contributed by atoms with E-state index in [0.717, 1.165) is 6.29 Å². The standard InChI is InChI=1S/C14H15NO3/c1-4-13(17)18-12-6-5-10(8-15)7-11(12)14(2,3)9-16/h5-7,9H,4H2,1-3H3. The summed E-state index contributed by atoms with van der Waals surface area (Å²) in [6, 6.07) is 6.68. The smallest absolute Gasteiger partial charge is 0.310 e. The molecular weight excluding hydrogens is 230 g/mol. The average Bonchev–Trinajstić information content (AvgIpc) is 2.38. The highest BCUT2D eigenvalue weighted by molar-refractivity contribution is 5.75. The fourth-order valence-corrected chi connectivity index (χ4v) is 1.45. The topological polar surface area (TPSA) is 67.2 Å². The van der Waals surface area contributed by atoms with E-state index in [0.29, 0.717) is 16.9 Å². The van der Waals surface area contributed by atoms with Crippen molar-refractivity contribution >= 4 is 12.3 Å². The zero-order valence-electron chi connectivity index (χ0n) is 10.7. The Morgan fingerprint density at radius 1 is 1.50 bits per heavy atom. The van der Waals surface area contributed by atoms with Crippen LogP contribution in [0.4, 0.5) is 0 Å². The molecule has 1 aromatic carbocycles. The maximum atomic E-state index is 11.3. The van der Waals surface area contributed by atoms with Crippen molar-refractivity contribution in [3.8, 4) is 11.8 Å². The minimum absolute atomic E-state index is 0.251. The van der Waals surface area contributed by atoms with Crippen LogP contribution >= 0.6 is 0 Å². The molecule has 0 saturated carbocycles. The number of nitriles is 1. The van der Waals surface area contributed by atoms with Gasteiger partial charge >= 0.3 is 5.97 Å². The fraction of sp³-hybridized carbons (Fsp3) is 0.357. The molecule has 0 N–H and O–H groups in total. The van der Waals surface area contributed by atoms with Gasteiger partial charge in [-0.15, -0.1) is 0 Å². The highest BCUT2D eigenvalue weighted by Gasteiger charge is 2.25. The molecule has 0 fully saturated rings. The minimum atomic E-state index is -0.809. The van der Waals surface area contributed by atoms with E-state index in [1.165, 1.54) is 0 Å². The molecule has 1 rings (SSSR count). The van der Waals surface area contributed by atoms with Gasteiger partial charge in [-0.3, -0.25) is 4.79 Å². The van der Waals surface area contributed by atoms with Crippen molar-refractivity contribution in [3.05, 3.63) is 29.3 Å². The van der Waals surface area contributed by atoms with Crippen molar-refractivity contribution in [2.45, 2.75) is 32.6 Å². The van der Waals surface area contributed by atoms with Crippen molar-refractivity contribution in [2.24, 2.45) is 0 Å². The van der Waals surface area contributed by atoms with E-state index in [2.05, 4.69) is 0 Å². The van der Waals surface area contributed by atoms with E-state index in [1.54, 1.807) is 39.0 Å². The predicted octanol–water partition coefficient (Wildman–Crippen LogP) is 2.35. The Bertz CT molecular complexity index is 512. The molecule has 0 amide bonds. The van der Waals surface area contributed by atoms with E-state index < -0.39 is 5.41 Å². The quantitative estimate of drug-likeness (QED) is 0.464. The van der Waals surface area contributed by atoms with E-state index in [9.17, 15) is 9.59 Å². The van der Waals surface area contributed by atoms with Crippen molar-refractivity contribution in [1.82, 2.24) is 0 Å². The normalized spacial score (nSPS) is 10.6. The van der Waals surface area contributed by atoms with Gasteiger partial charge in [0.1, 0.15) is 12.0 Å². The zero-order chi connectivity index (χ0) is 13.8. The predicted molar refractivity (Wildman–Crippen MR) is 66.2 cm³/mol. The van der Waals surface area contributed by atoms with Gasteiger partial charge in [-0.2, -0.15) is 5.26 Å². The molecule has 94 valence electrons. The molecule has 4 nitrogen and oxygen atoms in total. The first-order valence-corrected chi connectivity index (χ1v) is 5.66. The Morgan fingerprint density at radius 3 is 2.67 bits per heavy atom. The van der Waals surface area contributed by atoms with Gasteiger partial charge in [-0.05, 0) is 32.0 Å². The van der Waals surface area contributed by atoms with Crippen molar-refractivity contribution in [1.29, 1.82) is 5.26 Å². The number of esters is 1. The highest BCUT2D eigenvalue weighted by Crippen LogP contribution is 2.31. The third kappa shape index (κ3) is 2.95. The molecule has 1 aromatic rings. The van der Waals surface area contributed by atoms with Gasteiger partial charge in [0.2, 0.25) is 0 Å². The van der Waals surface area contributed by atoms with Gasteiger partial charge in [-0.1, -0.05) is 6.92 Å². The van der Waals surface area contributed by atoms with Crippen LogP contribution in [-0.4, -0.2) is 12.3 Å². The Kier molecular flexibility index (Phi) is 4.22. The molecule has 0 aliphatic heterocycles. The van der Waals surface area contributed by atoms with Crippen LogP contribution in [0.25, 0.3) is 0 Å². The minimum Gasteiger partial charge on any atom is -0.426 e. The van der Waals surface area contributed by atoms with E-state index >= 15 is 0 Å². The van der Waals surface area contributed by atoms with Crippen molar-refractivity contribution in [2.75, 3.05) is 0 Å². The van der Waals surface area contributed by atoms with Crippen LogP contribution in [-0.2, 0) is 15.0 Å². The highest BCUT2D eigenvalue weighted by atomic mass is 16.5. The average molecular weight is 245 g/mol. The van der Waals surface area contributed by atoms with Gasteiger partial charge < -0.3 is 9.53 Å². The number of aldehydes is 1. The summed E-state index contributed by atoms with van der Waals surface area (Å²) in [5.74, 6) is -0.0411. The van der Waals surface area contributed by atoms with Crippen LogP contribution in [0, 0.1) is 11.3 Å². The van der Waals surface area contributed by atoms with Crippen LogP contribution < -0.4 is 4.74 Å². The van der Waals surface area contributed by atoms with Crippen LogP contribution in [0.3, 0.4) is 0 Å². The van der Waals surface area contributed by atoms with Crippen LogP contribution in [0.5, 0.6) is 5.75 Å². The zero-order valence-corrected chi connectivity index (χ0v) is 10.7. The molecule has 0 atom stereocenters. The lowest BCUT2D eigenvalue weighted by Gasteiger charge is -2.20. The number of carbonyl (C=O) groups is 2. The first-order valence-electron chi connectivity index (χ1n) is 5.66. The summed E-state index contributed by atoms with van der Waals surface area (Å²) >= 11 is 0. The number of carbonyl (C=O) groups excluding carboxylic acids is 2. The lowest BCUT2D eigenvalue weighted by atomic mass is 9.85. The van der Waals surface area contributed by atoms with Gasteiger partial charge in [0.05, 0.1) is 11.6 Å². The first-order chi connectivity index (χ1) is 8.44. The third-order valence-corrected chi connectivity index (χ3v) is 2.61. The van der Waals surface area contributed by atoms with Gasteiger partial charge in [0.25, 0.3) is 0 Å². The third-order valence-electron chi connectivity index (χ3n) is 2.61. The molecule has 0 aromatic heterocycles. The Labute approximate surface area is 106 Å². The van der Waals surface area contributed by atoms with Crippen LogP contribution in [0.15, 0.2) is 18.2 Å². The van der Waals surface area contributed by atoms with Gasteiger partial charge in [0.15, 0.2) is 0 Å². The second-order valence-corrected chi connectivity index (χ2v) is 4.49. The SMILES string of the molecule is CCC(=O)Oc1ccc(C#N)cc1C(C)(C)C=O. The fourth-order valence-electron chi connectivity index (χ4n) is 1.45. The molecule has 0 radical (unpaired) electrons. The molecule has 0 saturated heterocycles. The molecule has 0 unspecified atom stereocenters. The molecule has 0 aliphatic rings. The summed E-state index contributed by atoms with van der Waals surface area (Å²) in [5, 5.41) is 8.87.